The Labute approximate surface area is 176 Å². The normalized spacial score (nSPS) is 15.2. The van der Waals surface area contributed by atoms with E-state index in [2.05, 4.69) is 33.2 Å². The molecule has 0 saturated carbocycles. The lowest BCUT2D eigenvalue weighted by molar-refractivity contribution is -0.384. The second kappa shape index (κ2) is 7.19. The number of nitrogens with zero attached hydrogens (tertiary/aromatic N) is 5. The molecule has 8 nitrogen and oxygen atoms in total. The van der Waals surface area contributed by atoms with E-state index in [0.29, 0.717) is 10.8 Å². The Balaban J connectivity index is 1.61. The standard InChI is InChI=1S/C21H19N5O3S/c1-13-22-21-25(23-13)20(27)19(30-21)18(15-6-8-17(9-7-15)26(28)29)24-11-10-14-4-2-3-5-16(14)12-24/h2-9,18,27H,10-12H2,1H3/t18-/m1/s1. The van der Waals surface area contributed by atoms with Crippen LogP contribution in [0.1, 0.15) is 33.4 Å². The molecule has 1 aliphatic rings. The van der Waals surface area contributed by atoms with E-state index in [1.165, 1.54) is 39.1 Å². The van der Waals surface area contributed by atoms with Crippen LogP contribution in [0.5, 0.6) is 5.88 Å². The van der Waals surface area contributed by atoms with Crippen molar-refractivity contribution in [2.24, 2.45) is 0 Å². The number of aromatic hydroxyl groups is 1. The van der Waals surface area contributed by atoms with Crippen LogP contribution in [-0.4, -0.2) is 36.1 Å². The first-order valence-electron chi connectivity index (χ1n) is 9.61. The first kappa shape index (κ1) is 18.7. The van der Waals surface area contributed by atoms with Crippen molar-refractivity contribution in [3.05, 3.63) is 86.0 Å². The highest BCUT2D eigenvalue weighted by molar-refractivity contribution is 7.17. The molecule has 1 N–H and O–H groups in total. The summed E-state index contributed by atoms with van der Waals surface area (Å²) < 4.78 is 1.46. The van der Waals surface area contributed by atoms with Crippen LogP contribution >= 0.6 is 11.3 Å². The van der Waals surface area contributed by atoms with E-state index in [1.807, 2.05) is 6.07 Å². The van der Waals surface area contributed by atoms with Crippen LogP contribution < -0.4 is 0 Å². The zero-order valence-corrected chi connectivity index (χ0v) is 17.0. The smallest absolute Gasteiger partial charge is 0.269 e. The lowest BCUT2D eigenvalue weighted by Gasteiger charge is -2.35. The van der Waals surface area contributed by atoms with Crippen LogP contribution in [0.25, 0.3) is 4.96 Å². The van der Waals surface area contributed by atoms with E-state index in [-0.39, 0.29) is 17.6 Å². The third-order valence-electron chi connectivity index (χ3n) is 5.50. The van der Waals surface area contributed by atoms with E-state index < -0.39 is 4.92 Å². The second-order valence-electron chi connectivity index (χ2n) is 7.38. The van der Waals surface area contributed by atoms with Crippen molar-refractivity contribution in [3.8, 4) is 5.88 Å². The second-order valence-corrected chi connectivity index (χ2v) is 8.39. The van der Waals surface area contributed by atoms with Gasteiger partial charge in [0.15, 0.2) is 0 Å². The van der Waals surface area contributed by atoms with Gasteiger partial charge in [-0.1, -0.05) is 47.7 Å². The van der Waals surface area contributed by atoms with Crippen LogP contribution in [0.4, 0.5) is 5.69 Å². The maximum atomic E-state index is 11.1. The number of nitro groups is 1. The molecule has 0 radical (unpaired) electrons. The molecular weight excluding hydrogens is 402 g/mol. The van der Waals surface area contributed by atoms with Gasteiger partial charge in [0.05, 0.1) is 15.8 Å². The van der Waals surface area contributed by atoms with Gasteiger partial charge in [0, 0.05) is 25.2 Å². The van der Waals surface area contributed by atoms with Gasteiger partial charge in [0.2, 0.25) is 10.8 Å². The molecule has 1 aliphatic heterocycles. The van der Waals surface area contributed by atoms with Crippen molar-refractivity contribution in [2.45, 2.75) is 25.9 Å². The summed E-state index contributed by atoms with van der Waals surface area (Å²) in [5.41, 5.74) is 3.52. The average Bonchev–Trinajstić information content (AvgIpc) is 3.26. The summed E-state index contributed by atoms with van der Waals surface area (Å²) in [5, 5.41) is 26.3. The highest BCUT2D eigenvalue weighted by Gasteiger charge is 2.31. The number of hydrogen-bond donors (Lipinski definition) is 1. The summed E-state index contributed by atoms with van der Waals surface area (Å²) in [5.74, 6) is 0.666. The van der Waals surface area contributed by atoms with Crippen molar-refractivity contribution in [1.29, 1.82) is 0 Å². The molecule has 9 heteroatoms. The van der Waals surface area contributed by atoms with Gasteiger partial charge in [-0.05, 0) is 30.0 Å². The molecule has 0 spiro atoms. The molecule has 4 aromatic rings. The first-order valence-corrected chi connectivity index (χ1v) is 10.4. The lowest BCUT2D eigenvalue weighted by atomic mass is 9.95. The van der Waals surface area contributed by atoms with Crippen LogP contribution in [0.15, 0.2) is 48.5 Å². The summed E-state index contributed by atoms with van der Waals surface area (Å²) in [6.45, 7) is 3.32. The monoisotopic (exact) mass is 421 g/mol. The number of nitro benzene ring substituents is 1. The van der Waals surface area contributed by atoms with Gasteiger partial charge in [-0.2, -0.15) is 4.52 Å². The highest BCUT2D eigenvalue weighted by atomic mass is 32.1. The lowest BCUT2D eigenvalue weighted by Crippen LogP contribution is -2.34. The minimum atomic E-state index is -0.403. The fourth-order valence-electron chi connectivity index (χ4n) is 4.07. The van der Waals surface area contributed by atoms with Crippen molar-refractivity contribution in [2.75, 3.05) is 6.54 Å². The predicted octanol–water partition coefficient (Wildman–Crippen LogP) is 3.86. The molecule has 0 amide bonds. The van der Waals surface area contributed by atoms with E-state index >= 15 is 0 Å². The Kier molecular flexibility index (Phi) is 4.48. The molecule has 0 aliphatic carbocycles. The number of fused-ring (bicyclic) bond motifs is 2. The van der Waals surface area contributed by atoms with Gasteiger partial charge in [-0.25, -0.2) is 4.98 Å². The summed E-state index contributed by atoms with van der Waals surface area (Å²) in [4.78, 5) is 18.7. The fraction of sp³-hybridized carbons (Fsp3) is 0.238. The van der Waals surface area contributed by atoms with Crippen LogP contribution in [0.2, 0.25) is 0 Å². The van der Waals surface area contributed by atoms with Crippen molar-refractivity contribution in [1.82, 2.24) is 19.5 Å². The molecular formula is C21H19N5O3S. The summed E-state index contributed by atoms with van der Waals surface area (Å²) in [6.07, 6.45) is 0.903. The topological polar surface area (TPSA) is 96.8 Å². The molecule has 1 atom stereocenters. The molecule has 0 fully saturated rings. The van der Waals surface area contributed by atoms with Crippen molar-refractivity contribution < 1.29 is 10.0 Å². The highest BCUT2D eigenvalue weighted by Crippen LogP contribution is 2.41. The molecule has 3 heterocycles. The van der Waals surface area contributed by atoms with Gasteiger partial charge in [-0.3, -0.25) is 15.0 Å². The van der Waals surface area contributed by atoms with Crippen molar-refractivity contribution >= 4 is 22.0 Å². The molecule has 0 bridgehead atoms. The molecule has 2 aromatic carbocycles. The summed E-state index contributed by atoms with van der Waals surface area (Å²) in [6, 6.07) is 14.7. The SMILES string of the molecule is Cc1nc2sc([C@@H](c3ccc([N+](=O)[O-])cc3)N3CCc4ccccc4C3)c(O)n2n1. The number of benzene rings is 2. The zero-order valence-electron chi connectivity index (χ0n) is 16.2. The van der Waals surface area contributed by atoms with Gasteiger partial charge in [0.1, 0.15) is 5.82 Å². The Morgan fingerprint density at radius 2 is 1.90 bits per heavy atom. The van der Waals surface area contributed by atoms with E-state index in [0.717, 1.165) is 30.0 Å². The van der Waals surface area contributed by atoms with E-state index in [1.54, 1.807) is 19.1 Å². The Hall–Kier alpha value is -3.30. The number of aryl methyl sites for hydroxylation is 1. The van der Waals surface area contributed by atoms with E-state index in [4.69, 9.17) is 0 Å². The number of rotatable bonds is 4. The number of hydrogen-bond acceptors (Lipinski definition) is 7. The molecule has 30 heavy (non-hydrogen) atoms. The minimum Gasteiger partial charge on any atom is -0.492 e. The number of thiazole rings is 1. The van der Waals surface area contributed by atoms with Gasteiger partial charge in [0.25, 0.3) is 5.69 Å². The molecule has 5 rings (SSSR count). The van der Waals surface area contributed by atoms with Crippen molar-refractivity contribution in [3.63, 3.8) is 0 Å². The van der Waals surface area contributed by atoms with Crippen LogP contribution in [0, 0.1) is 17.0 Å². The largest absolute Gasteiger partial charge is 0.492 e. The summed E-state index contributed by atoms with van der Waals surface area (Å²) in [7, 11) is 0. The predicted molar refractivity (Wildman–Crippen MR) is 113 cm³/mol. The van der Waals surface area contributed by atoms with E-state index in [9.17, 15) is 15.2 Å². The Morgan fingerprint density at radius 1 is 1.17 bits per heavy atom. The van der Waals surface area contributed by atoms with Crippen LogP contribution in [0.3, 0.4) is 0 Å². The fourth-order valence-corrected chi connectivity index (χ4v) is 5.23. The first-order chi connectivity index (χ1) is 14.5. The molecule has 0 unspecified atom stereocenters. The van der Waals surface area contributed by atoms with Gasteiger partial charge < -0.3 is 5.11 Å². The maximum Gasteiger partial charge on any atom is 0.269 e. The quantitative estimate of drug-likeness (QED) is 0.397. The number of non-ortho nitro benzene ring substituents is 1. The molecule has 2 aromatic heterocycles. The zero-order chi connectivity index (χ0) is 20.8. The minimum absolute atomic E-state index is 0.0454. The maximum absolute atomic E-state index is 11.1. The summed E-state index contributed by atoms with van der Waals surface area (Å²) >= 11 is 1.40. The van der Waals surface area contributed by atoms with Crippen LogP contribution in [-0.2, 0) is 13.0 Å². The molecule has 152 valence electrons. The Bertz CT molecular complexity index is 1250. The number of aromatic nitrogens is 3. The third kappa shape index (κ3) is 3.12. The van der Waals surface area contributed by atoms with Gasteiger partial charge in [-0.15, -0.1) is 5.10 Å². The van der Waals surface area contributed by atoms with Gasteiger partial charge >= 0.3 is 0 Å². The Morgan fingerprint density at radius 3 is 2.60 bits per heavy atom. The molecule has 0 saturated heterocycles. The third-order valence-corrected chi connectivity index (χ3v) is 6.57. The average molecular weight is 421 g/mol.